The first-order valence-electron chi connectivity index (χ1n) is 7.66. The van der Waals surface area contributed by atoms with Crippen LogP contribution in [0, 0.1) is 5.82 Å². The second-order valence-corrected chi connectivity index (χ2v) is 6.29. The van der Waals surface area contributed by atoms with Gasteiger partial charge in [0, 0.05) is 17.6 Å². The lowest BCUT2D eigenvalue weighted by Gasteiger charge is -2.16. The Morgan fingerprint density at radius 3 is 2.58 bits per heavy atom. The highest BCUT2D eigenvalue weighted by molar-refractivity contribution is 6.35. The average molecular weight is 369 g/mol. The molecule has 2 N–H and O–H groups in total. The van der Waals surface area contributed by atoms with Crippen LogP contribution in [0.4, 0.5) is 4.39 Å². The van der Waals surface area contributed by atoms with Crippen molar-refractivity contribution in [3.8, 4) is 0 Å². The van der Waals surface area contributed by atoms with E-state index >= 15 is 0 Å². The molecule has 2 aromatic carbocycles. The van der Waals surface area contributed by atoms with E-state index in [-0.39, 0.29) is 23.5 Å². The van der Waals surface area contributed by atoms with Gasteiger partial charge >= 0.3 is 0 Å². The zero-order chi connectivity index (χ0) is 17.5. The smallest absolute Gasteiger partial charge is 0.233 e. The van der Waals surface area contributed by atoms with Gasteiger partial charge in [0.15, 0.2) is 0 Å². The standard InChI is InChI=1S/C18H19Cl2FN2O/c1-12(14-9-17(21)16(20)10-15(14)19)23-11-18(24)22-8-7-13-5-3-2-4-6-13/h2-6,9-10,12,23H,7-8,11H2,1H3,(H,22,24)/t12-/m0/s1. The summed E-state index contributed by atoms with van der Waals surface area (Å²) in [5.74, 6) is -0.652. The molecule has 2 rings (SSSR count). The number of amides is 1. The lowest BCUT2D eigenvalue weighted by atomic mass is 10.1. The van der Waals surface area contributed by atoms with Crippen LogP contribution in [0.15, 0.2) is 42.5 Å². The Kier molecular flexibility index (Phi) is 7.03. The number of nitrogens with one attached hydrogen (secondary N) is 2. The zero-order valence-corrected chi connectivity index (χ0v) is 14.8. The molecule has 24 heavy (non-hydrogen) atoms. The third kappa shape index (κ3) is 5.48. The number of hydrogen-bond acceptors (Lipinski definition) is 2. The van der Waals surface area contributed by atoms with Gasteiger partial charge in [-0.15, -0.1) is 0 Å². The van der Waals surface area contributed by atoms with E-state index < -0.39 is 5.82 Å². The highest BCUT2D eigenvalue weighted by Gasteiger charge is 2.14. The van der Waals surface area contributed by atoms with Gasteiger partial charge in [-0.1, -0.05) is 53.5 Å². The van der Waals surface area contributed by atoms with E-state index in [1.165, 1.54) is 17.7 Å². The van der Waals surface area contributed by atoms with Crippen LogP contribution < -0.4 is 10.6 Å². The molecule has 1 amide bonds. The maximum atomic E-state index is 13.5. The van der Waals surface area contributed by atoms with Gasteiger partial charge in [0.1, 0.15) is 5.82 Å². The Morgan fingerprint density at radius 2 is 1.88 bits per heavy atom. The van der Waals surface area contributed by atoms with E-state index in [1.54, 1.807) is 0 Å². The van der Waals surface area contributed by atoms with Crippen LogP contribution >= 0.6 is 23.2 Å². The molecule has 0 aliphatic heterocycles. The molecule has 0 heterocycles. The van der Waals surface area contributed by atoms with Gasteiger partial charge in [0.25, 0.3) is 0 Å². The summed E-state index contributed by atoms with van der Waals surface area (Å²) < 4.78 is 13.5. The van der Waals surface area contributed by atoms with Gasteiger partial charge in [-0.3, -0.25) is 4.79 Å². The van der Waals surface area contributed by atoms with Crippen molar-refractivity contribution in [1.82, 2.24) is 10.6 Å². The largest absolute Gasteiger partial charge is 0.355 e. The van der Waals surface area contributed by atoms with Crippen molar-refractivity contribution in [1.29, 1.82) is 0 Å². The molecule has 3 nitrogen and oxygen atoms in total. The van der Waals surface area contributed by atoms with Crippen LogP contribution in [-0.2, 0) is 11.2 Å². The molecular weight excluding hydrogens is 350 g/mol. The van der Waals surface area contributed by atoms with Gasteiger partial charge in [-0.05, 0) is 36.6 Å². The molecule has 0 saturated carbocycles. The van der Waals surface area contributed by atoms with Crippen LogP contribution in [0.3, 0.4) is 0 Å². The Hall–Kier alpha value is -1.62. The molecule has 0 unspecified atom stereocenters. The van der Waals surface area contributed by atoms with Crippen molar-refractivity contribution >= 4 is 29.1 Å². The van der Waals surface area contributed by atoms with Crippen molar-refractivity contribution < 1.29 is 9.18 Å². The minimum atomic E-state index is -0.531. The van der Waals surface area contributed by atoms with Crippen LogP contribution in [0.1, 0.15) is 24.1 Å². The predicted molar refractivity (Wildman–Crippen MR) is 96.0 cm³/mol. The molecule has 128 valence electrons. The SMILES string of the molecule is C[C@H](NCC(=O)NCCc1ccccc1)c1cc(F)c(Cl)cc1Cl. The lowest BCUT2D eigenvalue weighted by molar-refractivity contribution is -0.120. The van der Waals surface area contributed by atoms with Gasteiger partial charge in [0.2, 0.25) is 5.91 Å². The second kappa shape index (κ2) is 9.02. The fourth-order valence-corrected chi connectivity index (χ4v) is 2.83. The fraction of sp³-hybridized carbons (Fsp3) is 0.278. The molecule has 6 heteroatoms. The molecule has 1 atom stereocenters. The lowest BCUT2D eigenvalue weighted by Crippen LogP contribution is -2.36. The minimum Gasteiger partial charge on any atom is -0.355 e. The Morgan fingerprint density at radius 1 is 1.17 bits per heavy atom. The van der Waals surface area contributed by atoms with E-state index in [9.17, 15) is 9.18 Å². The molecule has 0 aromatic heterocycles. The summed E-state index contributed by atoms with van der Waals surface area (Å²) in [5.41, 5.74) is 1.73. The van der Waals surface area contributed by atoms with Crippen LogP contribution in [0.2, 0.25) is 10.0 Å². The van der Waals surface area contributed by atoms with Gasteiger partial charge in [-0.2, -0.15) is 0 Å². The van der Waals surface area contributed by atoms with Crippen molar-refractivity contribution in [2.45, 2.75) is 19.4 Å². The van der Waals surface area contributed by atoms with Gasteiger partial charge in [0.05, 0.1) is 11.6 Å². The summed E-state index contributed by atoms with van der Waals surface area (Å²) in [4.78, 5) is 11.9. The van der Waals surface area contributed by atoms with Gasteiger partial charge < -0.3 is 10.6 Å². The van der Waals surface area contributed by atoms with Crippen molar-refractivity contribution in [2.24, 2.45) is 0 Å². The molecule has 0 fully saturated rings. The van der Waals surface area contributed by atoms with E-state index in [2.05, 4.69) is 10.6 Å². The molecule has 0 aliphatic carbocycles. The Balaban J connectivity index is 1.78. The quantitative estimate of drug-likeness (QED) is 0.721. The zero-order valence-electron chi connectivity index (χ0n) is 13.3. The van der Waals surface area contributed by atoms with E-state index in [0.717, 1.165) is 6.42 Å². The van der Waals surface area contributed by atoms with Crippen LogP contribution in [0.5, 0.6) is 0 Å². The second-order valence-electron chi connectivity index (χ2n) is 5.48. The summed E-state index contributed by atoms with van der Waals surface area (Å²) in [7, 11) is 0. The van der Waals surface area contributed by atoms with E-state index in [0.29, 0.717) is 17.1 Å². The van der Waals surface area contributed by atoms with Crippen LogP contribution in [-0.4, -0.2) is 19.0 Å². The summed E-state index contributed by atoms with van der Waals surface area (Å²) in [6.07, 6.45) is 0.774. The van der Waals surface area contributed by atoms with Crippen molar-refractivity contribution in [3.05, 3.63) is 69.5 Å². The fourth-order valence-electron chi connectivity index (χ4n) is 2.28. The minimum absolute atomic E-state index is 0.0189. The molecule has 0 aliphatic rings. The third-order valence-electron chi connectivity index (χ3n) is 3.65. The molecule has 0 radical (unpaired) electrons. The third-order valence-corrected chi connectivity index (χ3v) is 4.27. The van der Waals surface area contributed by atoms with Gasteiger partial charge in [-0.25, -0.2) is 4.39 Å². The van der Waals surface area contributed by atoms with Crippen molar-refractivity contribution in [2.75, 3.05) is 13.1 Å². The highest BCUT2D eigenvalue weighted by Crippen LogP contribution is 2.28. The van der Waals surface area contributed by atoms with E-state index in [4.69, 9.17) is 23.2 Å². The number of halogens is 3. The topological polar surface area (TPSA) is 41.1 Å². The maximum Gasteiger partial charge on any atom is 0.233 e. The first-order valence-corrected chi connectivity index (χ1v) is 8.41. The normalized spacial score (nSPS) is 12.0. The molecular formula is C18H19Cl2FN2O. The first kappa shape index (κ1) is 18.7. The first-order chi connectivity index (χ1) is 11.5. The predicted octanol–water partition coefficient (Wildman–Crippen LogP) is 4.14. The number of hydrogen-bond donors (Lipinski definition) is 2. The average Bonchev–Trinajstić information content (AvgIpc) is 2.57. The number of carbonyl (C=O) groups is 1. The number of rotatable bonds is 7. The molecule has 0 bridgehead atoms. The highest BCUT2D eigenvalue weighted by atomic mass is 35.5. The monoisotopic (exact) mass is 368 g/mol. The number of carbonyl (C=O) groups excluding carboxylic acids is 1. The van der Waals surface area contributed by atoms with E-state index in [1.807, 2.05) is 37.3 Å². The number of benzene rings is 2. The summed E-state index contributed by atoms with van der Waals surface area (Å²) in [6.45, 7) is 2.50. The summed E-state index contributed by atoms with van der Waals surface area (Å²) in [6, 6.07) is 12.3. The molecule has 2 aromatic rings. The van der Waals surface area contributed by atoms with Crippen LogP contribution in [0.25, 0.3) is 0 Å². The molecule has 0 saturated heterocycles. The Bertz CT molecular complexity index is 695. The summed E-state index contributed by atoms with van der Waals surface area (Å²) >= 11 is 11.8. The maximum absolute atomic E-state index is 13.5. The Labute approximate surface area is 151 Å². The summed E-state index contributed by atoms with van der Waals surface area (Å²) in [5, 5.41) is 6.22. The van der Waals surface area contributed by atoms with Crippen molar-refractivity contribution in [3.63, 3.8) is 0 Å². The molecule has 0 spiro atoms.